The molecule has 0 atom stereocenters. The fourth-order valence-electron chi connectivity index (χ4n) is 2.15. The molecule has 0 fully saturated rings. The summed E-state index contributed by atoms with van der Waals surface area (Å²) in [6.45, 7) is 0.669. The van der Waals surface area contributed by atoms with Gasteiger partial charge in [-0.05, 0) is 36.8 Å². The number of methoxy groups -OCH3 is 1. The van der Waals surface area contributed by atoms with Crippen molar-refractivity contribution in [2.75, 3.05) is 19.0 Å². The lowest BCUT2D eigenvalue weighted by Gasteiger charge is -2.11. The van der Waals surface area contributed by atoms with Crippen LogP contribution < -0.4 is 9.47 Å². The van der Waals surface area contributed by atoms with Crippen molar-refractivity contribution in [3.05, 3.63) is 42.5 Å². The molecule has 22 heavy (non-hydrogen) atoms. The summed E-state index contributed by atoms with van der Waals surface area (Å²) in [4.78, 5) is 4.68. The summed E-state index contributed by atoms with van der Waals surface area (Å²) in [5.41, 5.74) is 2.07. The lowest BCUT2D eigenvalue weighted by atomic mass is 10.2. The third-order valence-electron chi connectivity index (χ3n) is 3.24. The molecule has 0 N–H and O–H groups in total. The minimum absolute atomic E-state index is 0.669. The van der Waals surface area contributed by atoms with Crippen LogP contribution in [-0.4, -0.2) is 24.0 Å². The summed E-state index contributed by atoms with van der Waals surface area (Å²) < 4.78 is 12.4. The van der Waals surface area contributed by atoms with Crippen LogP contribution in [0.5, 0.6) is 11.5 Å². The van der Waals surface area contributed by atoms with Gasteiger partial charge in [-0.3, -0.25) is 0 Å². The van der Waals surface area contributed by atoms with Gasteiger partial charge >= 0.3 is 0 Å². The topological polar surface area (TPSA) is 31.4 Å². The molecule has 0 unspecified atom stereocenters. The number of ether oxygens (including phenoxy) is 2. The Morgan fingerprint density at radius 2 is 2.00 bits per heavy atom. The van der Waals surface area contributed by atoms with E-state index in [9.17, 15) is 0 Å². The van der Waals surface area contributed by atoms with E-state index in [1.807, 2.05) is 36.4 Å². The average molecular weight is 378 g/mol. The molecular weight excluding hydrogens is 362 g/mol. The molecule has 0 aliphatic heterocycles. The fourth-order valence-corrected chi connectivity index (χ4v) is 3.34. The van der Waals surface area contributed by atoms with Gasteiger partial charge < -0.3 is 9.47 Å². The zero-order chi connectivity index (χ0) is 15.4. The summed E-state index contributed by atoms with van der Waals surface area (Å²) in [5.74, 6) is 1.51. The van der Waals surface area contributed by atoms with Gasteiger partial charge in [0.15, 0.2) is 11.5 Å². The van der Waals surface area contributed by atoms with Crippen molar-refractivity contribution in [2.45, 2.75) is 6.42 Å². The van der Waals surface area contributed by atoms with Gasteiger partial charge in [0, 0.05) is 10.9 Å². The number of halogens is 1. The van der Waals surface area contributed by atoms with Gasteiger partial charge in [0.2, 0.25) is 0 Å². The van der Waals surface area contributed by atoms with E-state index in [0.717, 1.165) is 39.3 Å². The number of hydrogen-bond acceptors (Lipinski definition) is 4. The molecule has 0 saturated heterocycles. The van der Waals surface area contributed by atoms with Crippen molar-refractivity contribution >= 4 is 37.5 Å². The number of nitrogens with zero attached hydrogens (tertiary/aromatic N) is 1. The Bertz CT molecular complexity index is 739. The first kappa shape index (κ1) is 15.3. The molecule has 114 valence electrons. The van der Waals surface area contributed by atoms with E-state index >= 15 is 0 Å². The van der Waals surface area contributed by atoms with Crippen LogP contribution in [0.4, 0.5) is 0 Å². The molecule has 0 radical (unpaired) electrons. The lowest BCUT2D eigenvalue weighted by Crippen LogP contribution is -1.99. The highest BCUT2D eigenvalue weighted by Gasteiger charge is 2.10. The van der Waals surface area contributed by atoms with E-state index in [4.69, 9.17) is 9.47 Å². The predicted octanol–water partition coefficient (Wildman–Crippen LogP) is 5.14. The van der Waals surface area contributed by atoms with Crippen molar-refractivity contribution in [1.29, 1.82) is 0 Å². The van der Waals surface area contributed by atoms with Gasteiger partial charge in [0.05, 0.1) is 23.9 Å². The number of alkyl halides is 1. The number of aromatic nitrogens is 1. The number of hydrogen-bond donors (Lipinski definition) is 0. The SMILES string of the molecule is COc1cc(-c2nc3ccccc3s2)ccc1OCCCBr. The minimum atomic E-state index is 0.669. The van der Waals surface area contributed by atoms with Crippen molar-refractivity contribution in [3.63, 3.8) is 0 Å². The standard InChI is InChI=1S/C17H16BrNO2S/c1-20-15-11-12(7-8-14(15)21-10-4-9-18)17-19-13-5-2-3-6-16(13)22-17/h2-3,5-8,11H,4,9-10H2,1H3. The number of benzene rings is 2. The molecule has 3 aromatic rings. The highest BCUT2D eigenvalue weighted by Crippen LogP contribution is 2.35. The van der Waals surface area contributed by atoms with Crippen LogP contribution in [0, 0.1) is 0 Å². The summed E-state index contributed by atoms with van der Waals surface area (Å²) in [5, 5.41) is 1.92. The van der Waals surface area contributed by atoms with Gasteiger partial charge in [-0.1, -0.05) is 28.1 Å². The van der Waals surface area contributed by atoms with Crippen LogP contribution >= 0.6 is 27.3 Å². The van der Waals surface area contributed by atoms with Crippen molar-refractivity contribution in [2.24, 2.45) is 0 Å². The molecule has 0 spiro atoms. The predicted molar refractivity (Wildman–Crippen MR) is 95.5 cm³/mol. The molecule has 0 amide bonds. The third-order valence-corrected chi connectivity index (χ3v) is 4.89. The van der Waals surface area contributed by atoms with Gasteiger partial charge in [0.25, 0.3) is 0 Å². The molecule has 5 heteroatoms. The number of fused-ring (bicyclic) bond motifs is 1. The van der Waals surface area contributed by atoms with E-state index in [1.165, 1.54) is 4.70 Å². The van der Waals surface area contributed by atoms with Crippen LogP contribution in [0.2, 0.25) is 0 Å². The number of para-hydroxylation sites is 1. The van der Waals surface area contributed by atoms with E-state index in [1.54, 1.807) is 18.4 Å². The average Bonchev–Trinajstić information content (AvgIpc) is 2.99. The Labute approximate surface area is 142 Å². The smallest absolute Gasteiger partial charge is 0.161 e. The largest absolute Gasteiger partial charge is 0.493 e. The summed E-state index contributed by atoms with van der Waals surface area (Å²) >= 11 is 5.08. The summed E-state index contributed by atoms with van der Waals surface area (Å²) in [6.07, 6.45) is 0.961. The molecule has 3 rings (SSSR count). The molecular formula is C17H16BrNO2S. The van der Waals surface area contributed by atoms with Gasteiger partial charge in [0.1, 0.15) is 5.01 Å². The van der Waals surface area contributed by atoms with Gasteiger partial charge in [-0.25, -0.2) is 4.98 Å². The highest BCUT2D eigenvalue weighted by molar-refractivity contribution is 9.09. The Hall–Kier alpha value is -1.59. The Morgan fingerprint density at radius 1 is 1.14 bits per heavy atom. The van der Waals surface area contributed by atoms with E-state index in [2.05, 4.69) is 27.0 Å². The third kappa shape index (κ3) is 3.25. The Kier molecular flexibility index (Phi) is 4.95. The van der Waals surface area contributed by atoms with E-state index in [0.29, 0.717) is 6.61 Å². The van der Waals surface area contributed by atoms with Crippen molar-refractivity contribution < 1.29 is 9.47 Å². The molecule has 0 aliphatic rings. The van der Waals surface area contributed by atoms with Crippen molar-refractivity contribution in [3.8, 4) is 22.1 Å². The maximum Gasteiger partial charge on any atom is 0.161 e. The van der Waals surface area contributed by atoms with Crippen LogP contribution in [0.3, 0.4) is 0 Å². The zero-order valence-corrected chi connectivity index (χ0v) is 14.6. The molecule has 3 nitrogen and oxygen atoms in total. The monoisotopic (exact) mass is 377 g/mol. The first-order valence-electron chi connectivity index (χ1n) is 7.04. The van der Waals surface area contributed by atoms with E-state index in [-0.39, 0.29) is 0 Å². The first-order valence-corrected chi connectivity index (χ1v) is 8.98. The first-order chi connectivity index (χ1) is 10.8. The highest BCUT2D eigenvalue weighted by atomic mass is 79.9. The van der Waals surface area contributed by atoms with E-state index < -0.39 is 0 Å². The second-order valence-electron chi connectivity index (χ2n) is 4.74. The zero-order valence-electron chi connectivity index (χ0n) is 12.2. The molecule has 1 aromatic heterocycles. The molecule has 1 heterocycles. The Morgan fingerprint density at radius 3 is 2.77 bits per heavy atom. The maximum atomic E-state index is 5.75. The Balaban J connectivity index is 1.90. The normalized spacial score (nSPS) is 10.8. The van der Waals surface area contributed by atoms with Crippen LogP contribution in [-0.2, 0) is 0 Å². The second kappa shape index (κ2) is 7.11. The number of thiazole rings is 1. The molecule has 0 saturated carbocycles. The minimum Gasteiger partial charge on any atom is -0.493 e. The number of rotatable bonds is 6. The lowest BCUT2D eigenvalue weighted by molar-refractivity contribution is 0.295. The van der Waals surface area contributed by atoms with Crippen LogP contribution in [0.25, 0.3) is 20.8 Å². The fraction of sp³-hybridized carbons (Fsp3) is 0.235. The van der Waals surface area contributed by atoms with Gasteiger partial charge in [-0.2, -0.15) is 0 Å². The van der Waals surface area contributed by atoms with Crippen LogP contribution in [0.15, 0.2) is 42.5 Å². The summed E-state index contributed by atoms with van der Waals surface area (Å²) in [6, 6.07) is 14.1. The maximum absolute atomic E-state index is 5.75. The van der Waals surface area contributed by atoms with Crippen LogP contribution in [0.1, 0.15) is 6.42 Å². The molecule has 0 aliphatic carbocycles. The van der Waals surface area contributed by atoms with Gasteiger partial charge in [-0.15, -0.1) is 11.3 Å². The van der Waals surface area contributed by atoms with Crippen molar-refractivity contribution in [1.82, 2.24) is 4.98 Å². The quantitative estimate of drug-likeness (QED) is 0.440. The second-order valence-corrected chi connectivity index (χ2v) is 6.57. The molecule has 2 aromatic carbocycles. The molecule has 0 bridgehead atoms. The summed E-state index contributed by atoms with van der Waals surface area (Å²) in [7, 11) is 1.66.